The quantitative estimate of drug-likeness (QED) is 0.881. The van der Waals surface area contributed by atoms with Crippen LogP contribution in [0.1, 0.15) is 12.6 Å². The van der Waals surface area contributed by atoms with Crippen LogP contribution in [0.3, 0.4) is 0 Å². The SMILES string of the molecule is C=C(C)n1c(=O)cc(COc2ccc(F)cc2)[nH]c1=S. The highest BCUT2D eigenvalue weighted by molar-refractivity contribution is 7.71. The minimum Gasteiger partial charge on any atom is -0.487 e. The number of nitrogens with zero attached hydrogens (tertiary/aromatic N) is 1. The summed E-state index contributed by atoms with van der Waals surface area (Å²) < 4.78 is 19.8. The summed E-state index contributed by atoms with van der Waals surface area (Å²) in [6.07, 6.45) is 0. The van der Waals surface area contributed by atoms with Crippen LogP contribution in [0.15, 0.2) is 41.7 Å². The molecule has 0 saturated carbocycles. The summed E-state index contributed by atoms with van der Waals surface area (Å²) in [4.78, 5) is 14.8. The van der Waals surface area contributed by atoms with E-state index in [0.717, 1.165) is 0 Å². The Morgan fingerprint density at radius 1 is 1.45 bits per heavy atom. The number of allylic oxidation sites excluding steroid dienone is 1. The van der Waals surface area contributed by atoms with Gasteiger partial charge in [-0.3, -0.25) is 9.36 Å². The van der Waals surface area contributed by atoms with Gasteiger partial charge in [0.05, 0.1) is 5.69 Å². The van der Waals surface area contributed by atoms with Gasteiger partial charge in [-0.1, -0.05) is 6.58 Å². The predicted octanol–water partition coefficient (Wildman–Crippen LogP) is 3.11. The molecular weight excluding hydrogens is 279 g/mol. The Balaban J connectivity index is 2.19. The zero-order valence-electron chi connectivity index (χ0n) is 10.9. The molecule has 0 atom stereocenters. The van der Waals surface area contributed by atoms with Crippen molar-refractivity contribution < 1.29 is 9.13 Å². The number of hydrogen-bond acceptors (Lipinski definition) is 3. The maximum Gasteiger partial charge on any atom is 0.258 e. The van der Waals surface area contributed by atoms with Crippen molar-refractivity contribution in [3.05, 3.63) is 63.5 Å². The van der Waals surface area contributed by atoms with Crippen LogP contribution in [0.2, 0.25) is 0 Å². The normalized spacial score (nSPS) is 10.3. The molecule has 0 unspecified atom stereocenters. The van der Waals surface area contributed by atoms with Crippen molar-refractivity contribution in [2.24, 2.45) is 0 Å². The third kappa shape index (κ3) is 3.21. The Morgan fingerprint density at radius 3 is 2.65 bits per heavy atom. The Kier molecular flexibility index (Phi) is 4.14. The van der Waals surface area contributed by atoms with Gasteiger partial charge < -0.3 is 9.72 Å². The lowest BCUT2D eigenvalue weighted by Gasteiger charge is -2.09. The molecule has 0 aliphatic heterocycles. The number of ether oxygens (including phenoxy) is 1. The number of H-pyrrole nitrogens is 1. The first-order valence-electron chi connectivity index (χ1n) is 5.87. The van der Waals surface area contributed by atoms with E-state index in [1.807, 2.05) is 0 Å². The van der Waals surface area contributed by atoms with Gasteiger partial charge in [0, 0.05) is 11.8 Å². The van der Waals surface area contributed by atoms with E-state index in [4.69, 9.17) is 17.0 Å². The summed E-state index contributed by atoms with van der Waals surface area (Å²) in [5.74, 6) is 0.176. The number of halogens is 1. The number of nitrogens with one attached hydrogen (secondary N) is 1. The monoisotopic (exact) mass is 292 g/mol. The van der Waals surface area contributed by atoms with E-state index in [2.05, 4.69) is 11.6 Å². The molecule has 1 aromatic heterocycles. The van der Waals surface area contributed by atoms with Crippen LogP contribution in [0, 0.1) is 10.6 Å². The van der Waals surface area contributed by atoms with E-state index >= 15 is 0 Å². The van der Waals surface area contributed by atoms with Crippen LogP contribution in [0.25, 0.3) is 5.70 Å². The second kappa shape index (κ2) is 5.83. The molecule has 1 N–H and O–H groups in total. The highest BCUT2D eigenvalue weighted by atomic mass is 32.1. The number of aromatic amines is 1. The molecule has 0 radical (unpaired) electrons. The smallest absolute Gasteiger partial charge is 0.258 e. The molecule has 0 bridgehead atoms. The van der Waals surface area contributed by atoms with Crippen LogP contribution in [-0.2, 0) is 6.61 Å². The molecule has 0 amide bonds. The zero-order valence-corrected chi connectivity index (χ0v) is 11.7. The molecule has 0 saturated heterocycles. The predicted molar refractivity (Wildman–Crippen MR) is 77.6 cm³/mol. The molecule has 2 aromatic rings. The van der Waals surface area contributed by atoms with Gasteiger partial charge in [0.1, 0.15) is 18.2 Å². The summed E-state index contributed by atoms with van der Waals surface area (Å²) in [6, 6.07) is 7.03. The second-order valence-electron chi connectivity index (χ2n) is 4.25. The van der Waals surface area contributed by atoms with Crippen molar-refractivity contribution in [2.75, 3.05) is 0 Å². The van der Waals surface area contributed by atoms with Crippen LogP contribution >= 0.6 is 12.2 Å². The maximum atomic E-state index is 12.7. The van der Waals surface area contributed by atoms with Crippen molar-refractivity contribution in [3.63, 3.8) is 0 Å². The average Bonchev–Trinajstić information content (AvgIpc) is 2.37. The number of benzene rings is 1. The first kappa shape index (κ1) is 14.2. The molecule has 2 rings (SSSR count). The summed E-state index contributed by atoms with van der Waals surface area (Å²) in [7, 11) is 0. The molecular formula is C14H13FN2O2S. The lowest BCUT2D eigenvalue weighted by Crippen LogP contribution is -2.21. The fourth-order valence-electron chi connectivity index (χ4n) is 1.67. The van der Waals surface area contributed by atoms with Gasteiger partial charge in [0.2, 0.25) is 0 Å². The summed E-state index contributed by atoms with van der Waals surface area (Å²) >= 11 is 5.09. The van der Waals surface area contributed by atoms with E-state index in [9.17, 15) is 9.18 Å². The molecule has 20 heavy (non-hydrogen) atoms. The van der Waals surface area contributed by atoms with Gasteiger partial charge in [0.25, 0.3) is 5.56 Å². The molecule has 104 valence electrons. The second-order valence-corrected chi connectivity index (χ2v) is 4.64. The van der Waals surface area contributed by atoms with Crippen molar-refractivity contribution in [2.45, 2.75) is 13.5 Å². The number of hydrogen-bond donors (Lipinski definition) is 1. The fraction of sp³-hybridized carbons (Fsp3) is 0.143. The third-order valence-corrected chi connectivity index (χ3v) is 2.86. The van der Waals surface area contributed by atoms with Crippen molar-refractivity contribution in [1.29, 1.82) is 0 Å². The van der Waals surface area contributed by atoms with Crippen LogP contribution in [-0.4, -0.2) is 9.55 Å². The standard InChI is InChI=1S/C14H13FN2O2S/c1-9(2)17-13(18)7-11(16-14(17)20)8-19-12-5-3-10(15)4-6-12/h3-7H,1,8H2,2H3,(H,16,20). The molecule has 1 heterocycles. The van der Waals surface area contributed by atoms with Gasteiger partial charge in [-0.05, 0) is 43.4 Å². The average molecular weight is 292 g/mol. The highest BCUT2D eigenvalue weighted by Crippen LogP contribution is 2.12. The maximum absolute atomic E-state index is 12.7. The first-order chi connectivity index (χ1) is 9.47. The number of rotatable bonds is 4. The van der Waals surface area contributed by atoms with Gasteiger partial charge >= 0.3 is 0 Å². The largest absolute Gasteiger partial charge is 0.487 e. The Bertz CT molecular complexity index is 716. The van der Waals surface area contributed by atoms with Crippen LogP contribution < -0.4 is 10.3 Å². The molecule has 4 nitrogen and oxygen atoms in total. The Hall–Kier alpha value is -2.21. The first-order valence-corrected chi connectivity index (χ1v) is 6.27. The van der Waals surface area contributed by atoms with Gasteiger partial charge in [0.15, 0.2) is 4.77 Å². The van der Waals surface area contributed by atoms with Gasteiger partial charge in [-0.25, -0.2) is 4.39 Å². The van der Waals surface area contributed by atoms with E-state index in [1.165, 1.54) is 34.9 Å². The molecule has 1 aromatic carbocycles. The van der Waals surface area contributed by atoms with Crippen molar-refractivity contribution in [1.82, 2.24) is 9.55 Å². The van der Waals surface area contributed by atoms with Crippen molar-refractivity contribution >= 4 is 17.9 Å². The molecule has 6 heteroatoms. The zero-order chi connectivity index (χ0) is 14.7. The van der Waals surface area contributed by atoms with E-state index in [0.29, 0.717) is 17.1 Å². The summed E-state index contributed by atoms with van der Waals surface area (Å²) in [5.41, 5.74) is 0.822. The molecule has 0 aliphatic carbocycles. The summed E-state index contributed by atoms with van der Waals surface area (Å²) in [5, 5.41) is 0. The minimum absolute atomic E-state index is 0.140. The van der Waals surface area contributed by atoms with Gasteiger partial charge in [-0.2, -0.15) is 0 Å². The van der Waals surface area contributed by atoms with Crippen LogP contribution in [0.5, 0.6) is 5.75 Å². The highest BCUT2D eigenvalue weighted by Gasteiger charge is 2.03. The molecule has 0 spiro atoms. The Morgan fingerprint density at radius 2 is 2.10 bits per heavy atom. The van der Waals surface area contributed by atoms with Crippen molar-refractivity contribution in [3.8, 4) is 5.75 Å². The fourth-order valence-corrected chi connectivity index (χ4v) is 2.05. The van der Waals surface area contributed by atoms with E-state index in [1.54, 1.807) is 6.92 Å². The lowest BCUT2D eigenvalue weighted by molar-refractivity contribution is 0.300. The molecule has 0 aliphatic rings. The topological polar surface area (TPSA) is 47.0 Å². The Labute approximate surface area is 120 Å². The van der Waals surface area contributed by atoms with Gasteiger partial charge in [-0.15, -0.1) is 0 Å². The molecule has 0 fully saturated rings. The third-order valence-electron chi connectivity index (χ3n) is 2.58. The lowest BCUT2D eigenvalue weighted by atomic mass is 10.3. The van der Waals surface area contributed by atoms with Crippen LogP contribution in [0.4, 0.5) is 4.39 Å². The minimum atomic E-state index is -0.333. The number of aromatic nitrogens is 2. The summed E-state index contributed by atoms with van der Waals surface area (Å²) in [6.45, 7) is 5.52. The van der Waals surface area contributed by atoms with E-state index in [-0.39, 0.29) is 22.8 Å². The van der Waals surface area contributed by atoms with E-state index < -0.39 is 0 Å².